The highest BCUT2D eigenvalue weighted by molar-refractivity contribution is 5.97. The summed E-state index contributed by atoms with van der Waals surface area (Å²) in [7, 11) is 0. The molecule has 176 valence electrons. The number of rotatable bonds is 1. The molecule has 10 heteroatoms. The summed E-state index contributed by atoms with van der Waals surface area (Å²) in [6, 6.07) is 4.92. The molecule has 0 unspecified atom stereocenters. The Morgan fingerprint density at radius 1 is 1.21 bits per heavy atom. The van der Waals surface area contributed by atoms with E-state index in [1.165, 1.54) is 12.3 Å². The van der Waals surface area contributed by atoms with Crippen molar-refractivity contribution in [3.8, 4) is 0 Å². The topological polar surface area (TPSA) is 90.6 Å². The summed E-state index contributed by atoms with van der Waals surface area (Å²) in [5.41, 5.74) is 9.11. The van der Waals surface area contributed by atoms with Crippen LogP contribution in [0.1, 0.15) is 51.3 Å². The third-order valence-electron chi connectivity index (χ3n) is 6.85. The minimum absolute atomic E-state index is 0.237. The second kappa shape index (κ2) is 7.38. The van der Waals surface area contributed by atoms with Gasteiger partial charge in [0.1, 0.15) is 11.5 Å². The zero-order valence-corrected chi connectivity index (χ0v) is 18.2. The summed E-state index contributed by atoms with van der Waals surface area (Å²) in [6.45, 7) is 2.91. The number of alkyl halides is 3. The average molecular weight is 470 g/mol. The van der Waals surface area contributed by atoms with Gasteiger partial charge in [-0.2, -0.15) is 13.2 Å². The van der Waals surface area contributed by atoms with Crippen molar-refractivity contribution in [3.63, 3.8) is 0 Å². The van der Waals surface area contributed by atoms with Gasteiger partial charge in [0, 0.05) is 23.9 Å². The third kappa shape index (κ3) is 3.24. The number of morpholine rings is 1. The quantitative estimate of drug-likeness (QED) is 0.582. The van der Waals surface area contributed by atoms with Crippen LogP contribution in [0.15, 0.2) is 30.5 Å². The van der Waals surface area contributed by atoms with Crippen molar-refractivity contribution in [2.24, 2.45) is 0 Å². The van der Waals surface area contributed by atoms with Crippen molar-refractivity contribution >= 4 is 22.6 Å². The van der Waals surface area contributed by atoms with Crippen LogP contribution in [0.5, 0.6) is 0 Å². The molecule has 2 aromatic heterocycles. The molecular formula is C24H21F3N4O3. The number of pyridine rings is 2. The first-order chi connectivity index (χ1) is 16.2. The zero-order chi connectivity index (χ0) is 23.8. The summed E-state index contributed by atoms with van der Waals surface area (Å²) in [5, 5.41) is 0.763. The number of carbonyl (C=O) groups excluding carboxylic acids is 1. The van der Waals surface area contributed by atoms with Crippen molar-refractivity contribution in [1.82, 2.24) is 14.9 Å². The van der Waals surface area contributed by atoms with E-state index < -0.39 is 23.9 Å². The summed E-state index contributed by atoms with van der Waals surface area (Å²) in [4.78, 5) is 24.1. The van der Waals surface area contributed by atoms with Crippen LogP contribution in [-0.2, 0) is 35.3 Å². The molecule has 1 fully saturated rings. The lowest BCUT2D eigenvalue weighted by atomic mass is 10.0. The monoisotopic (exact) mass is 470 g/mol. The van der Waals surface area contributed by atoms with Gasteiger partial charge >= 0.3 is 6.18 Å². The Labute approximate surface area is 192 Å². The number of benzene rings is 1. The van der Waals surface area contributed by atoms with Crippen LogP contribution in [0.2, 0.25) is 0 Å². The van der Waals surface area contributed by atoms with Gasteiger partial charge in [-0.25, -0.2) is 9.97 Å². The highest BCUT2D eigenvalue weighted by Crippen LogP contribution is 2.44. The standard InChI is InChI=1S/C24H21F3N4O3/c1-11-8-31(21-14-3-2-13(24(25,26)27)4-12(14)5-20(21)34-11)23(32)18-6-15-16-9-33-10-17(16)22(28)30-19(15)7-29-18/h2-4,6-7,11,20-21H,5,8-10H2,1H3,(H2,28,30)/t11-,20+,21-/m0/s1. The maximum Gasteiger partial charge on any atom is 0.416 e. The lowest BCUT2D eigenvalue weighted by molar-refractivity contribution is -0.137. The fraction of sp³-hybridized carbons (Fsp3) is 0.375. The molecule has 6 rings (SSSR count). The van der Waals surface area contributed by atoms with Gasteiger partial charge in [0.2, 0.25) is 0 Å². The maximum absolute atomic E-state index is 13.7. The molecule has 0 spiro atoms. The average Bonchev–Trinajstić information content (AvgIpc) is 3.42. The number of carbonyl (C=O) groups is 1. The van der Waals surface area contributed by atoms with Crippen LogP contribution in [0.4, 0.5) is 19.0 Å². The van der Waals surface area contributed by atoms with Crippen molar-refractivity contribution < 1.29 is 27.4 Å². The molecule has 0 radical (unpaired) electrons. The predicted octanol–water partition coefficient (Wildman–Crippen LogP) is 3.79. The number of anilines is 1. The zero-order valence-electron chi connectivity index (χ0n) is 18.2. The van der Waals surface area contributed by atoms with Crippen LogP contribution in [0, 0.1) is 0 Å². The summed E-state index contributed by atoms with van der Waals surface area (Å²) in [6.07, 6.45) is -3.26. The number of amides is 1. The minimum atomic E-state index is -4.43. The Morgan fingerprint density at radius 2 is 2.00 bits per heavy atom. The number of aromatic nitrogens is 2. The predicted molar refractivity (Wildman–Crippen MR) is 116 cm³/mol. The van der Waals surface area contributed by atoms with Gasteiger partial charge < -0.3 is 20.1 Å². The van der Waals surface area contributed by atoms with Crippen molar-refractivity contribution in [3.05, 3.63) is 64.0 Å². The Balaban J connectivity index is 1.40. The van der Waals surface area contributed by atoms with E-state index in [9.17, 15) is 18.0 Å². The van der Waals surface area contributed by atoms with Crippen LogP contribution in [0.25, 0.3) is 10.9 Å². The first-order valence-electron chi connectivity index (χ1n) is 11.0. The Kier molecular flexibility index (Phi) is 4.62. The van der Waals surface area contributed by atoms with Crippen molar-refractivity contribution in [2.45, 2.75) is 51.0 Å². The number of halogens is 3. The number of nitrogen functional groups attached to an aromatic ring is 1. The van der Waals surface area contributed by atoms with Crippen LogP contribution in [-0.4, -0.2) is 39.5 Å². The maximum atomic E-state index is 13.7. The first kappa shape index (κ1) is 21.3. The molecule has 3 atom stereocenters. The van der Waals surface area contributed by atoms with Crippen molar-refractivity contribution in [2.75, 3.05) is 12.3 Å². The first-order valence-corrected chi connectivity index (χ1v) is 11.0. The molecule has 3 aromatic rings. The normalized spacial score (nSPS) is 23.6. The molecule has 2 aliphatic heterocycles. The largest absolute Gasteiger partial charge is 0.416 e. The number of fused-ring (bicyclic) bond motifs is 6. The summed E-state index contributed by atoms with van der Waals surface area (Å²) in [5.74, 6) is 0.0933. The molecule has 1 amide bonds. The summed E-state index contributed by atoms with van der Waals surface area (Å²) < 4.78 is 51.3. The number of nitrogens with two attached hydrogens (primary N) is 1. The van der Waals surface area contributed by atoms with E-state index in [4.69, 9.17) is 15.2 Å². The van der Waals surface area contributed by atoms with E-state index in [1.54, 1.807) is 11.0 Å². The van der Waals surface area contributed by atoms with Gasteiger partial charge in [0.25, 0.3) is 5.91 Å². The molecule has 2 N–H and O–H groups in total. The van der Waals surface area contributed by atoms with Gasteiger partial charge in [0.15, 0.2) is 0 Å². The molecule has 4 heterocycles. The van der Waals surface area contributed by atoms with E-state index in [-0.39, 0.29) is 17.7 Å². The van der Waals surface area contributed by atoms with E-state index >= 15 is 0 Å². The molecule has 7 nitrogen and oxygen atoms in total. The fourth-order valence-electron chi connectivity index (χ4n) is 5.35. The number of ether oxygens (including phenoxy) is 2. The second-order valence-electron chi connectivity index (χ2n) is 9.04. The Bertz CT molecular complexity index is 1340. The van der Waals surface area contributed by atoms with Crippen LogP contribution >= 0.6 is 0 Å². The van der Waals surface area contributed by atoms with Crippen LogP contribution < -0.4 is 5.73 Å². The number of hydrogen-bond donors (Lipinski definition) is 1. The van der Waals surface area contributed by atoms with Gasteiger partial charge in [0.05, 0.1) is 48.7 Å². The molecular weight excluding hydrogens is 449 g/mol. The smallest absolute Gasteiger partial charge is 0.383 e. The minimum Gasteiger partial charge on any atom is -0.383 e. The highest BCUT2D eigenvalue weighted by atomic mass is 19.4. The van der Waals surface area contributed by atoms with Gasteiger partial charge in [-0.3, -0.25) is 4.79 Å². The van der Waals surface area contributed by atoms with Crippen molar-refractivity contribution in [1.29, 1.82) is 0 Å². The van der Waals surface area contributed by atoms with Gasteiger partial charge in [-0.1, -0.05) is 6.07 Å². The number of nitrogens with zero attached hydrogens (tertiary/aromatic N) is 3. The highest BCUT2D eigenvalue weighted by Gasteiger charge is 2.45. The fourth-order valence-corrected chi connectivity index (χ4v) is 5.35. The molecule has 1 aliphatic carbocycles. The van der Waals surface area contributed by atoms with E-state index in [0.717, 1.165) is 28.6 Å². The number of hydrogen-bond acceptors (Lipinski definition) is 6. The Hall–Kier alpha value is -3.24. The van der Waals surface area contributed by atoms with Gasteiger partial charge in [-0.15, -0.1) is 0 Å². The Morgan fingerprint density at radius 3 is 2.79 bits per heavy atom. The van der Waals surface area contributed by atoms with E-state index in [1.807, 2.05) is 6.92 Å². The molecule has 1 aromatic carbocycles. The summed E-state index contributed by atoms with van der Waals surface area (Å²) >= 11 is 0. The molecule has 0 bridgehead atoms. The van der Waals surface area contributed by atoms with E-state index in [0.29, 0.717) is 48.6 Å². The molecule has 1 saturated heterocycles. The lowest BCUT2D eigenvalue weighted by Crippen LogP contribution is -2.50. The SMILES string of the molecule is C[C@H]1CN(C(=O)c2cc3c4c(c(N)nc3cn2)COC4)[C@H]2c3ccc(C(F)(F)F)cc3C[C@H]2O1. The van der Waals surface area contributed by atoms with Crippen LogP contribution in [0.3, 0.4) is 0 Å². The molecule has 34 heavy (non-hydrogen) atoms. The lowest BCUT2D eigenvalue weighted by Gasteiger charge is -2.41. The third-order valence-corrected chi connectivity index (χ3v) is 6.85. The van der Waals surface area contributed by atoms with Gasteiger partial charge in [-0.05, 0) is 41.8 Å². The molecule has 3 aliphatic rings. The second-order valence-corrected chi connectivity index (χ2v) is 9.04. The van der Waals surface area contributed by atoms with E-state index in [2.05, 4.69) is 9.97 Å². The molecule has 0 saturated carbocycles.